The maximum atomic E-state index is 13.5. The molecular formula is C15H15ClF2O4. The first-order valence-corrected chi connectivity index (χ1v) is 6.90. The van der Waals surface area contributed by atoms with Gasteiger partial charge >= 0.3 is 5.97 Å². The molecule has 1 aromatic carbocycles. The minimum absolute atomic E-state index is 0.0418. The van der Waals surface area contributed by atoms with E-state index in [-0.39, 0.29) is 29.4 Å². The summed E-state index contributed by atoms with van der Waals surface area (Å²) in [6.07, 6.45) is 0.924. The number of carbonyl (C=O) groups is 2. The Hall–Kier alpha value is -1.95. The fraction of sp³-hybridized carbons (Fsp3) is 0.333. The van der Waals surface area contributed by atoms with Crippen LogP contribution in [-0.4, -0.2) is 25.0 Å². The summed E-state index contributed by atoms with van der Waals surface area (Å²) in [4.78, 5) is 24.2. The zero-order valence-electron chi connectivity index (χ0n) is 12.3. The second-order valence-corrected chi connectivity index (χ2v) is 4.57. The van der Waals surface area contributed by atoms with Crippen molar-refractivity contribution < 1.29 is 27.8 Å². The Morgan fingerprint density at radius 1 is 1.27 bits per heavy atom. The summed E-state index contributed by atoms with van der Waals surface area (Å²) in [6, 6.07) is 0.645. The van der Waals surface area contributed by atoms with Crippen LogP contribution in [0.2, 0.25) is 5.02 Å². The molecule has 0 aromatic heterocycles. The number of ketones is 1. The molecule has 0 saturated heterocycles. The first-order valence-electron chi connectivity index (χ1n) is 6.52. The molecule has 0 N–H and O–H groups in total. The highest BCUT2D eigenvalue weighted by Gasteiger charge is 2.26. The number of benzene rings is 1. The van der Waals surface area contributed by atoms with Crippen molar-refractivity contribution in [2.45, 2.75) is 20.8 Å². The lowest BCUT2D eigenvalue weighted by Crippen LogP contribution is -2.18. The van der Waals surface area contributed by atoms with Crippen LogP contribution in [0.3, 0.4) is 0 Å². The Morgan fingerprint density at radius 3 is 2.45 bits per heavy atom. The molecule has 7 heteroatoms. The minimum Gasteiger partial charge on any atom is -0.500 e. The maximum Gasteiger partial charge on any atom is 0.345 e. The van der Waals surface area contributed by atoms with E-state index < -0.39 is 29.0 Å². The Balaban J connectivity index is 3.34. The molecule has 0 atom stereocenters. The maximum absolute atomic E-state index is 13.5. The van der Waals surface area contributed by atoms with Gasteiger partial charge in [0.25, 0.3) is 0 Å². The van der Waals surface area contributed by atoms with Gasteiger partial charge in [-0.2, -0.15) is 0 Å². The Bertz CT molecular complexity index is 626. The van der Waals surface area contributed by atoms with Gasteiger partial charge in [-0.05, 0) is 26.8 Å². The largest absolute Gasteiger partial charge is 0.500 e. The molecule has 0 aliphatic carbocycles. The van der Waals surface area contributed by atoms with E-state index in [0.29, 0.717) is 6.07 Å². The average Bonchev–Trinajstić information content (AvgIpc) is 2.49. The molecule has 0 amide bonds. The molecule has 0 aliphatic rings. The van der Waals surface area contributed by atoms with Crippen molar-refractivity contribution in [3.05, 3.63) is 45.7 Å². The predicted molar refractivity (Wildman–Crippen MR) is 76.8 cm³/mol. The molecule has 0 fully saturated rings. The minimum atomic E-state index is -1.23. The normalized spacial score (nSPS) is 11.3. The fourth-order valence-corrected chi connectivity index (χ4v) is 1.83. The second-order valence-electron chi connectivity index (χ2n) is 4.20. The van der Waals surface area contributed by atoms with Crippen molar-refractivity contribution in [3.63, 3.8) is 0 Å². The van der Waals surface area contributed by atoms with Crippen LogP contribution >= 0.6 is 11.6 Å². The van der Waals surface area contributed by atoms with Crippen LogP contribution in [-0.2, 0) is 14.3 Å². The van der Waals surface area contributed by atoms with Gasteiger partial charge < -0.3 is 9.47 Å². The van der Waals surface area contributed by atoms with Gasteiger partial charge in [0.15, 0.2) is 11.6 Å². The van der Waals surface area contributed by atoms with Crippen molar-refractivity contribution >= 4 is 23.4 Å². The van der Waals surface area contributed by atoms with Gasteiger partial charge in [0, 0.05) is 11.1 Å². The molecule has 4 nitrogen and oxygen atoms in total. The number of rotatable bonds is 6. The van der Waals surface area contributed by atoms with Gasteiger partial charge in [-0.1, -0.05) is 11.6 Å². The summed E-state index contributed by atoms with van der Waals surface area (Å²) >= 11 is 5.88. The standard InChI is InChI=1S/C15H15ClF2O4/c1-4-21-7-10(15(20)22-5-2)14(19)9-6-11(17)13(18)8(3)12(9)16/h6-7H,4-5H2,1-3H3. The highest BCUT2D eigenvalue weighted by atomic mass is 35.5. The molecule has 0 spiro atoms. The quantitative estimate of drug-likeness (QED) is 0.152. The lowest BCUT2D eigenvalue weighted by molar-refractivity contribution is -0.138. The van der Waals surface area contributed by atoms with E-state index in [9.17, 15) is 18.4 Å². The second kappa shape index (κ2) is 7.89. The van der Waals surface area contributed by atoms with E-state index in [1.54, 1.807) is 13.8 Å². The van der Waals surface area contributed by atoms with Crippen LogP contribution < -0.4 is 0 Å². The van der Waals surface area contributed by atoms with E-state index in [2.05, 4.69) is 0 Å². The molecule has 0 radical (unpaired) electrons. The molecule has 0 saturated carbocycles. The van der Waals surface area contributed by atoms with Crippen molar-refractivity contribution in [2.75, 3.05) is 13.2 Å². The third kappa shape index (κ3) is 3.82. The lowest BCUT2D eigenvalue weighted by atomic mass is 10.0. The highest BCUT2D eigenvalue weighted by Crippen LogP contribution is 2.27. The number of Topliss-reactive ketones (excluding diaryl/α,β-unsaturated/α-hetero) is 1. The van der Waals surface area contributed by atoms with Crippen LogP contribution in [0.25, 0.3) is 0 Å². The van der Waals surface area contributed by atoms with Crippen molar-refractivity contribution in [1.29, 1.82) is 0 Å². The van der Waals surface area contributed by atoms with Crippen LogP contribution in [0.1, 0.15) is 29.8 Å². The summed E-state index contributed by atoms with van der Waals surface area (Å²) in [5.41, 5.74) is -1.00. The van der Waals surface area contributed by atoms with E-state index in [4.69, 9.17) is 21.1 Å². The van der Waals surface area contributed by atoms with Crippen molar-refractivity contribution in [2.24, 2.45) is 0 Å². The number of esters is 1. The first-order chi connectivity index (χ1) is 10.3. The Morgan fingerprint density at radius 2 is 1.91 bits per heavy atom. The van der Waals surface area contributed by atoms with E-state index in [0.717, 1.165) is 6.26 Å². The van der Waals surface area contributed by atoms with Crippen LogP contribution in [0, 0.1) is 18.6 Å². The van der Waals surface area contributed by atoms with E-state index in [1.165, 1.54) is 6.92 Å². The summed E-state index contributed by atoms with van der Waals surface area (Å²) < 4.78 is 36.6. The smallest absolute Gasteiger partial charge is 0.345 e. The van der Waals surface area contributed by atoms with Gasteiger partial charge in [0.05, 0.1) is 18.2 Å². The third-order valence-electron chi connectivity index (χ3n) is 2.73. The number of hydrogen-bond acceptors (Lipinski definition) is 4. The van der Waals surface area contributed by atoms with Gasteiger partial charge in [0.2, 0.25) is 5.78 Å². The molecule has 0 aliphatic heterocycles. The zero-order chi connectivity index (χ0) is 16.9. The molecular weight excluding hydrogens is 318 g/mol. The van der Waals surface area contributed by atoms with E-state index >= 15 is 0 Å². The monoisotopic (exact) mass is 332 g/mol. The van der Waals surface area contributed by atoms with Gasteiger partial charge in [-0.15, -0.1) is 0 Å². The Labute approximate surface area is 131 Å². The summed E-state index contributed by atoms with van der Waals surface area (Å²) in [6.45, 7) is 4.70. The predicted octanol–water partition coefficient (Wildman–Crippen LogP) is 3.59. The van der Waals surface area contributed by atoms with Gasteiger partial charge in [-0.25, -0.2) is 13.6 Å². The van der Waals surface area contributed by atoms with Crippen LogP contribution in [0.4, 0.5) is 8.78 Å². The molecule has 1 aromatic rings. The molecule has 1 rings (SSSR count). The zero-order valence-corrected chi connectivity index (χ0v) is 13.1. The molecule has 0 heterocycles. The van der Waals surface area contributed by atoms with Crippen molar-refractivity contribution in [3.8, 4) is 0 Å². The summed E-state index contributed by atoms with van der Waals surface area (Å²) in [5.74, 6) is -4.21. The van der Waals surface area contributed by atoms with E-state index in [1.807, 2.05) is 0 Å². The van der Waals surface area contributed by atoms with Crippen LogP contribution in [0.5, 0.6) is 0 Å². The molecule has 0 bridgehead atoms. The molecule has 22 heavy (non-hydrogen) atoms. The average molecular weight is 333 g/mol. The number of carbonyl (C=O) groups excluding carboxylic acids is 2. The number of halogens is 3. The molecule has 0 unspecified atom stereocenters. The fourth-order valence-electron chi connectivity index (χ4n) is 1.61. The summed E-state index contributed by atoms with van der Waals surface area (Å²) in [7, 11) is 0. The summed E-state index contributed by atoms with van der Waals surface area (Å²) in [5, 5.41) is -0.268. The van der Waals surface area contributed by atoms with Gasteiger partial charge in [-0.3, -0.25) is 4.79 Å². The first kappa shape index (κ1) is 18.1. The Kier molecular flexibility index (Phi) is 6.49. The van der Waals surface area contributed by atoms with Crippen LogP contribution in [0.15, 0.2) is 17.9 Å². The third-order valence-corrected chi connectivity index (χ3v) is 3.22. The van der Waals surface area contributed by atoms with Gasteiger partial charge in [0.1, 0.15) is 11.8 Å². The molecule has 120 valence electrons. The number of hydrogen-bond donors (Lipinski definition) is 0. The van der Waals surface area contributed by atoms with Crippen molar-refractivity contribution in [1.82, 2.24) is 0 Å². The number of ether oxygens (including phenoxy) is 2. The SMILES string of the molecule is CCOC=C(C(=O)OCC)C(=O)c1cc(F)c(F)c(C)c1Cl. The lowest BCUT2D eigenvalue weighted by Gasteiger charge is -2.10. The topological polar surface area (TPSA) is 52.6 Å². The highest BCUT2D eigenvalue weighted by molar-refractivity contribution is 6.37.